The molecule has 0 aliphatic carbocycles. The maximum atomic E-state index is 13.5. The molecular formula is C14H21FN2O2. The minimum Gasteiger partial charge on any atom is -0.380 e. The van der Waals surface area contributed by atoms with Crippen LogP contribution in [0.1, 0.15) is 18.9 Å². The first-order valence-electron chi connectivity index (χ1n) is 6.32. The Bertz CT molecular complexity index is 408. The second kappa shape index (κ2) is 7.86. The van der Waals surface area contributed by atoms with Gasteiger partial charge in [0.2, 0.25) is 5.91 Å². The minimum absolute atomic E-state index is 0.138. The number of nitrogens with one attached hydrogen (secondary N) is 1. The van der Waals surface area contributed by atoms with E-state index in [2.05, 4.69) is 5.32 Å². The molecule has 0 heterocycles. The van der Waals surface area contributed by atoms with Gasteiger partial charge in [-0.25, -0.2) is 4.39 Å². The molecule has 0 aliphatic rings. The zero-order valence-corrected chi connectivity index (χ0v) is 11.4. The van der Waals surface area contributed by atoms with Gasteiger partial charge in [0.15, 0.2) is 0 Å². The molecule has 0 saturated heterocycles. The molecule has 4 nitrogen and oxygen atoms in total. The van der Waals surface area contributed by atoms with E-state index in [1.54, 1.807) is 18.2 Å². The van der Waals surface area contributed by atoms with Crippen molar-refractivity contribution in [1.82, 2.24) is 5.32 Å². The van der Waals surface area contributed by atoms with E-state index < -0.39 is 0 Å². The highest BCUT2D eigenvalue weighted by Gasteiger charge is 2.14. The van der Waals surface area contributed by atoms with Crippen molar-refractivity contribution in [2.75, 3.05) is 13.7 Å². The van der Waals surface area contributed by atoms with Crippen molar-refractivity contribution < 1.29 is 13.9 Å². The lowest BCUT2D eigenvalue weighted by Gasteiger charge is -2.17. The fourth-order valence-corrected chi connectivity index (χ4v) is 1.85. The first-order chi connectivity index (χ1) is 9.06. The minimum atomic E-state index is -0.277. The van der Waals surface area contributed by atoms with Gasteiger partial charge in [-0.05, 0) is 25.0 Å². The van der Waals surface area contributed by atoms with Crippen LogP contribution in [0.5, 0.6) is 0 Å². The zero-order chi connectivity index (χ0) is 14.3. The highest BCUT2D eigenvalue weighted by atomic mass is 19.1. The van der Waals surface area contributed by atoms with Crippen LogP contribution in [-0.4, -0.2) is 31.7 Å². The molecule has 0 radical (unpaired) electrons. The van der Waals surface area contributed by atoms with Crippen LogP contribution in [-0.2, 0) is 16.0 Å². The molecule has 1 amide bonds. The molecule has 0 aliphatic heterocycles. The molecule has 2 unspecified atom stereocenters. The average molecular weight is 268 g/mol. The summed E-state index contributed by atoms with van der Waals surface area (Å²) in [7, 11) is 1.52. The van der Waals surface area contributed by atoms with Gasteiger partial charge >= 0.3 is 0 Å². The smallest absolute Gasteiger partial charge is 0.222 e. The largest absolute Gasteiger partial charge is 0.380 e. The van der Waals surface area contributed by atoms with Gasteiger partial charge in [0.25, 0.3) is 0 Å². The normalized spacial score (nSPS) is 13.9. The third kappa shape index (κ3) is 5.36. The number of rotatable bonds is 7. The highest BCUT2D eigenvalue weighted by molar-refractivity contribution is 5.76. The van der Waals surface area contributed by atoms with Crippen molar-refractivity contribution in [1.29, 1.82) is 0 Å². The summed E-state index contributed by atoms with van der Waals surface area (Å²) >= 11 is 0. The number of benzene rings is 1. The van der Waals surface area contributed by atoms with Crippen molar-refractivity contribution in [3.63, 3.8) is 0 Å². The second-order valence-electron chi connectivity index (χ2n) is 4.56. The summed E-state index contributed by atoms with van der Waals surface area (Å²) in [5.74, 6) is -0.388. The van der Waals surface area contributed by atoms with Crippen LogP contribution in [0.3, 0.4) is 0 Å². The Kier molecular flexibility index (Phi) is 6.45. The zero-order valence-electron chi connectivity index (χ0n) is 11.4. The first kappa shape index (κ1) is 15.6. The number of halogens is 1. The van der Waals surface area contributed by atoms with Crippen LogP contribution in [0, 0.1) is 5.82 Å². The van der Waals surface area contributed by atoms with Crippen LogP contribution in [0.15, 0.2) is 24.3 Å². The van der Waals surface area contributed by atoms with Gasteiger partial charge < -0.3 is 15.8 Å². The monoisotopic (exact) mass is 268 g/mol. The van der Waals surface area contributed by atoms with Gasteiger partial charge in [-0.15, -0.1) is 0 Å². The van der Waals surface area contributed by atoms with E-state index in [1.165, 1.54) is 13.2 Å². The lowest BCUT2D eigenvalue weighted by atomic mass is 10.1. The number of carbonyl (C=O) groups excluding carboxylic acids is 1. The van der Waals surface area contributed by atoms with Crippen LogP contribution >= 0.6 is 0 Å². The fraction of sp³-hybridized carbons (Fsp3) is 0.500. The highest BCUT2D eigenvalue weighted by Crippen LogP contribution is 2.09. The summed E-state index contributed by atoms with van der Waals surface area (Å²) in [6.45, 7) is 2.14. The molecule has 106 valence electrons. The number of hydrogen-bond acceptors (Lipinski definition) is 3. The molecule has 1 rings (SSSR count). The molecule has 0 saturated carbocycles. The Morgan fingerprint density at radius 1 is 1.47 bits per heavy atom. The second-order valence-corrected chi connectivity index (χ2v) is 4.56. The summed E-state index contributed by atoms with van der Waals surface area (Å²) in [4.78, 5) is 11.7. The van der Waals surface area contributed by atoms with E-state index in [-0.39, 0.29) is 30.3 Å². The Morgan fingerprint density at radius 2 is 2.16 bits per heavy atom. The Labute approximate surface area is 113 Å². The van der Waals surface area contributed by atoms with Gasteiger partial charge in [-0.2, -0.15) is 0 Å². The summed E-state index contributed by atoms with van der Waals surface area (Å²) < 4.78 is 18.5. The van der Waals surface area contributed by atoms with Gasteiger partial charge in [-0.1, -0.05) is 18.2 Å². The number of hydrogen-bond donors (Lipinski definition) is 2. The number of methoxy groups -OCH3 is 1. The van der Waals surface area contributed by atoms with Crippen LogP contribution < -0.4 is 11.1 Å². The predicted octanol–water partition coefficient (Wildman–Crippen LogP) is 1.24. The fourth-order valence-electron chi connectivity index (χ4n) is 1.85. The number of carbonyl (C=O) groups is 1. The lowest BCUT2D eigenvalue weighted by molar-refractivity contribution is -0.123. The molecule has 0 aromatic heterocycles. The lowest BCUT2D eigenvalue weighted by Crippen LogP contribution is -2.38. The summed E-state index contributed by atoms with van der Waals surface area (Å²) in [6.07, 6.45) is 0.397. The molecule has 3 N–H and O–H groups in total. The Balaban J connectivity index is 2.45. The maximum absolute atomic E-state index is 13.5. The third-order valence-electron chi connectivity index (χ3n) is 2.90. The Hall–Kier alpha value is -1.46. The molecule has 1 aromatic rings. The van der Waals surface area contributed by atoms with Crippen molar-refractivity contribution >= 4 is 5.91 Å². The van der Waals surface area contributed by atoms with E-state index in [0.29, 0.717) is 18.5 Å². The molecule has 19 heavy (non-hydrogen) atoms. The molecule has 0 bridgehead atoms. The van der Waals surface area contributed by atoms with Crippen LogP contribution in [0.4, 0.5) is 4.39 Å². The molecular weight excluding hydrogens is 247 g/mol. The molecule has 2 atom stereocenters. The van der Waals surface area contributed by atoms with E-state index in [4.69, 9.17) is 10.5 Å². The topological polar surface area (TPSA) is 64.3 Å². The van der Waals surface area contributed by atoms with Gasteiger partial charge in [0.1, 0.15) is 5.82 Å². The summed E-state index contributed by atoms with van der Waals surface area (Å²) in [5.41, 5.74) is 6.05. The number of ether oxygens (including phenoxy) is 1. The van der Waals surface area contributed by atoms with Gasteiger partial charge in [0.05, 0.1) is 12.5 Å². The average Bonchev–Trinajstić information content (AvgIpc) is 2.38. The SMILES string of the molecule is COC(CN)CC(=O)NC(C)Cc1ccccc1F. The summed E-state index contributed by atoms with van der Waals surface area (Å²) in [6, 6.07) is 6.42. The number of nitrogens with two attached hydrogens (primary N) is 1. The van der Waals surface area contributed by atoms with Crippen molar-refractivity contribution in [3.05, 3.63) is 35.6 Å². The number of amides is 1. The van der Waals surface area contributed by atoms with Gasteiger partial charge in [-0.3, -0.25) is 4.79 Å². The van der Waals surface area contributed by atoms with Crippen LogP contribution in [0.2, 0.25) is 0 Å². The first-order valence-corrected chi connectivity index (χ1v) is 6.32. The predicted molar refractivity (Wildman–Crippen MR) is 72.2 cm³/mol. The standard InChI is InChI=1S/C14H21FN2O2/c1-10(7-11-5-3-4-6-13(11)15)17-14(18)8-12(9-16)19-2/h3-6,10,12H,7-9,16H2,1-2H3,(H,17,18). The van der Waals surface area contributed by atoms with E-state index in [0.717, 1.165) is 0 Å². The molecule has 0 fully saturated rings. The van der Waals surface area contributed by atoms with E-state index in [1.807, 2.05) is 6.92 Å². The maximum Gasteiger partial charge on any atom is 0.222 e. The van der Waals surface area contributed by atoms with E-state index in [9.17, 15) is 9.18 Å². The molecule has 0 spiro atoms. The molecule has 5 heteroatoms. The van der Waals surface area contributed by atoms with Gasteiger partial charge in [0, 0.05) is 19.7 Å². The molecule has 1 aromatic carbocycles. The summed E-state index contributed by atoms with van der Waals surface area (Å²) in [5, 5.41) is 2.81. The van der Waals surface area contributed by atoms with Crippen molar-refractivity contribution in [2.24, 2.45) is 5.73 Å². The van der Waals surface area contributed by atoms with E-state index >= 15 is 0 Å². The van der Waals surface area contributed by atoms with Crippen LogP contribution in [0.25, 0.3) is 0 Å². The van der Waals surface area contributed by atoms with Crippen molar-refractivity contribution in [3.8, 4) is 0 Å². The third-order valence-corrected chi connectivity index (χ3v) is 2.90. The Morgan fingerprint density at radius 3 is 2.74 bits per heavy atom. The quantitative estimate of drug-likeness (QED) is 0.782. The van der Waals surface area contributed by atoms with Crippen molar-refractivity contribution in [2.45, 2.75) is 31.9 Å².